The zero-order valence-electron chi connectivity index (χ0n) is 22.9. The van der Waals surface area contributed by atoms with Crippen molar-refractivity contribution in [3.8, 4) is 27.9 Å². The summed E-state index contributed by atoms with van der Waals surface area (Å²) in [7, 11) is 0. The number of para-hydroxylation sites is 4. The van der Waals surface area contributed by atoms with E-state index in [0.717, 1.165) is 60.9 Å². The van der Waals surface area contributed by atoms with Gasteiger partial charge in [0.05, 0.1) is 33.1 Å². The fourth-order valence-corrected chi connectivity index (χ4v) is 7.75. The SMILES string of the molecule is c1ccc2c(c1)-c1cccc3c(-n4c5ccccc5c5c4c4oc6ccccc6c4c4nc6ccccc6n45)ccc-2c13. The highest BCUT2D eigenvalue weighted by Gasteiger charge is 2.27. The molecule has 4 heterocycles. The number of hydrogen-bond donors (Lipinski definition) is 0. The van der Waals surface area contributed by atoms with Crippen LogP contribution in [0.1, 0.15) is 0 Å². The van der Waals surface area contributed by atoms with Crippen molar-refractivity contribution in [2.24, 2.45) is 0 Å². The number of imidazole rings is 1. The number of fused-ring (bicyclic) bond motifs is 15. The highest BCUT2D eigenvalue weighted by molar-refractivity contribution is 6.26. The first-order valence-corrected chi connectivity index (χ1v) is 14.7. The van der Waals surface area contributed by atoms with E-state index in [4.69, 9.17) is 9.40 Å². The van der Waals surface area contributed by atoms with E-state index in [9.17, 15) is 0 Å². The number of rotatable bonds is 1. The van der Waals surface area contributed by atoms with Crippen molar-refractivity contribution in [2.45, 2.75) is 0 Å². The lowest BCUT2D eigenvalue weighted by Gasteiger charge is -2.13. The molecule has 1 aliphatic carbocycles. The summed E-state index contributed by atoms with van der Waals surface area (Å²) in [6.45, 7) is 0. The fourth-order valence-electron chi connectivity index (χ4n) is 7.75. The summed E-state index contributed by atoms with van der Waals surface area (Å²) >= 11 is 0. The largest absolute Gasteiger partial charge is 0.454 e. The molecule has 0 radical (unpaired) electrons. The Balaban J connectivity index is 1.43. The van der Waals surface area contributed by atoms with Crippen molar-refractivity contribution in [3.05, 3.63) is 127 Å². The lowest BCUT2D eigenvalue weighted by atomic mass is 10.0. The Morgan fingerprint density at radius 1 is 0.488 bits per heavy atom. The maximum absolute atomic E-state index is 6.81. The first-order valence-electron chi connectivity index (χ1n) is 14.7. The maximum Gasteiger partial charge on any atom is 0.165 e. The zero-order valence-corrected chi connectivity index (χ0v) is 22.9. The second-order valence-electron chi connectivity index (χ2n) is 11.5. The molecule has 43 heavy (non-hydrogen) atoms. The van der Waals surface area contributed by atoms with E-state index >= 15 is 0 Å². The molecule has 0 fully saturated rings. The molecule has 10 aromatic rings. The van der Waals surface area contributed by atoms with Crippen molar-refractivity contribution >= 4 is 71.3 Å². The quantitative estimate of drug-likeness (QED) is 0.205. The predicted octanol–water partition coefficient (Wildman–Crippen LogP) is 10.3. The van der Waals surface area contributed by atoms with Crippen LogP contribution in [0.4, 0.5) is 0 Å². The van der Waals surface area contributed by atoms with Crippen LogP contribution in [0.2, 0.25) is 0 Å². The first kappa shape index (κ1) is 21.8. The van der Waals surface area contributed by atoms with Gasteiger partial charge in [0, 0.05) is 16.2 Å². The van der Waals surface area contributed by atoms with Gasteiger partial charge in [-0.2, -0.15) is 0 Å². The van der Waals surface area contributed by atoms with Crippen LogP contribution in [0.3, 0.4) is 0 Å². The average Bonchev–Trinajstić information content (AvgIpc) is 3.80. The fraction of sp³-hybridized carbons (Fsp3) is 0. The summed E-state index contributed by atoms with van der Waals surface area (Å²) in [5.41, 5.74) is 14.4. The van der Waals surface area contributed by atoms with Crippen molar-refractivity contribution in [3.63, 3.8) is 0 Å². The lowest BCUT2D eigenvalue weighted by Crippen LogP contribution is -1.97. The third kappa shape index (κ3) is 2.52. The molecule has 4 aromatic heterocycles. The standard InChI is InChI=1S/C39H21N3O/c1-2-11-23-22(10-1)24-14-9-15-26-31(21-20-25(23)34(24)26)41-30-17-6-3-12-27(30)36-37(41)38-35(28-13-4-8-19-33(28)43-38)39-40-29-16-5-7-18-32(29)42(36)39/h1-21H. The minimum Gasteiger partial charge on any atom is -0.454 e. The molecule has 1 aliphatic rings. The third-order valence-corrected chi connectivity index (χ3v) is 9.43. The molecule has 0 amide bonds. The van der Waals surface area contributed by atoms with Gasteiger partial charge in [-0.1, -0.05) is 97.1 Å². The highest BCUT2D eigenvalue weighted by Crippen LogP contribution is 2.50. The van der Waals surface area contributed by atoms with Gasteiger partial charge in [-0.05, 0) is 58.0 Å². The van der Waals surface area contributed by atoms with Gasteiger partial charge in [-0.25, -0.2) is 4.98 Å². The van der Waals surface area contributed by atoms with Gasteiger partial charge in [-0.15, -0.1) is 0 Å². The van der Waals surface area contributed by atoms with E-state index in [2.05, 4.69) is 130 Å². The third-order valence-electron chi connectivity index (χ3n) is 9.43. The molecule has 198 valence electrons. The molecule has 0 atom stereocenters. The molecule has 4 nitrogen and oxygen atoms in total. The van der Waals surface area contributed by atoms with Crippen molar-refractivity contribution < 1.29 is 4.42 Å². The molecule has 0 bridgehead atoms. The second kappa shape index (κ2) is 7.50. The minimum absolute atomic E-state index is 0.863. The van der Waals surface area contributed by atoms with Gasteiger partial charge in [0.1, 0.15) is 16.7 Å². The number of aromatic nitrogens is 3. The van der Waals surface area contributed by atoms with Gasteiger partial charge in [0.15, 0.2) is 5.58 Å². The molecule has 0 aliphatic heterocycles. The normalized spacial score (nSPS) is 12.7. The molecule has 11 rings (SSSR count). The summed E-state index contributed by atoms with van der Waals surface area (Å²) in [5, 5.41) is 5.82. The first-order chi connectivity index (χ1) is 21.4. The van der Waals surface area contributed by atoms with Crippen LogP contribution in [-0.4, -0.2) is 14.0 Å². The predicted molar refractivity (Wildman–Crippen MR) is 176 cm³/mol. The van der Waals surface area contributed by atoms with Crippen LogP contribution in [-0.2, 0) is 0 Å². The van der Waals surface area contributed by atoms with Crippen molar-refractivity contribution in [1.29, 1.82) is 0 Å². The lowest BCUT2D eigenvalue weighted by molar-refractivity contribution is 0.671. The Hall–Kier alpha value is -5.87. The van der Waals surface area contributed by atoms with Gasteiger partial charge < -0.3 is 8.98 Å². The monoisotopic (exact) mass is 547 g/mol. The molecule has 0 N–H and O–H groups in total. The molecule has 0 unspecified atom stereocenters. The number of furan rings is 1. The molecule has 0 saturated heterocycles. The van der Waals surface area contributed by atoms with Gasteiger partial charge in [-0.3, -0.25) is 4.40 Å². The topological polar surface area (TPSA) is 35.4 Å². The van der Waals surface area contributed by atoms with Crippen molar-refractivity contribution in [2.75, 3.05) is 0 Å². The van der Waals surface area contributed by atoms with E-state index in [1.54, 1.807) is 0 Å². The van der Waals surface area contributed by atoms with Crippen molar-refractivity contribution in [1.82, 2.24) is 14.0 Å². The Kier molecular flexibility index (Phi) is 3.80. The Labute approximate surface area is 244 Å². The molecule has 0 saturated carbocycles. The summed E-state index contributed by atoms with van der Waals surface area (Å²) in [4.78, 5) is 5.20. The Morgan fingerprint density at radius 3 is 2.05 bits per heavy atom. The van der Waals surface area contributed by atoms with Crippen LogP contribution in [0.25, 0.3) is 99.3 Å². The molecular formula is C39H21N3O. The summed E-state index contributed by atoms with van der Waals surface area (Å²) in [5.74, 6) is 0. The van der Waals surface area contributed by atoms with E-state index in [1.165, 1.54) is 38.4 Å². The minimum atomic E-state index is 0.863. The molecule has 4 heteroatoms. The van der Waals surface area contributed by atoms with E-state index in [0.29, 0.717) is 0 Å². The summed E-state index contributed by atoms with van der Waals surface area (Å²) in [6, 6.07) is 45.5. The van der Waals surface area contributed by atoms with Crippen LogP contribution in [0, 0.1) is 0 Å². The zero-order chi connectivity index (χ0) is 27.8. The smallest absolute Gasteiger partial charge is 0.165 e. The van der Waals surface area contributed by atoms with E-state index in [-0.39, 0.29) is 0 Å². The van der Waals surface area contributed by atoms with Crippen LogP contribution < -0.4 is 0 Å². The van der Waals surface area contributed by atoms with E-state index < -0.39 is 0 Å². The van der Waals surface area contributed by atoms with Crippen LogP contribution >= 0.6 is 0 Å². The van der Waals surface area contributed by atoms with Crippen LogP contribution in [0.15, 0.2) is 132 Å². The van der Waals surface area contributed by atoms with Gasteiger partial charge in [0.2, 0.25) is 0 Å². The maximum atomic E-state index is 6.81. The second-order valence-corrected chi connectivity index (χ2v) is 11.5. The molecule has 0 spiro atoms. The number of hydrogen-bond acceptors (Lipinski definition) is 2. The number of pyridine rings is 1. The highest BCUT2D eigenvalue weighted by atomic mass is 16.3. The summed E-state index contributed by atoms with van der Waals surface area (Å²) in [6.07, 6.45) is 0. The van der Waals surface area contributed by atoms with Gasteiger partial charge >= 0.3 is 0 Å². The molecular weight excluding hydrogens is 526 g/mol. The molecule has 6 aromatic carbocycles. The summed E-state index contributed by atoms with van der Waals surface area (Å²) < 4.78 is 11.6. The number of benzene rings is 6. The average molecular weight is 548 g/mol. The Morgan fingerprint density at radius 2 is 1.16 bits per heavy atom. The number of nitrogens with zero attached hydrogens (tertiary/aromatic N) is 3. The van der Waals surface area contributed by atoms with E-state index in [1.807, 2.05) is 6.07 Å². The van der Waals surface area contributed by atoms with Gasteiger partial charge in [0.25, 0.3) is 0 Å². The Bertz CT molecular complexity index is 2820. The van der Waals surface area contributed by atoms with Crippen LogP contribution in [0.5, 0.6) is 0 Å².